The Morgan fingerprint density at radius 3 is 2.39 bits per heavy atom. The SMILES string of the molecule is CN(C)C(=O)CNc1ccc(C(=O)O)c(F)c1F. The summed E-state index contributed by atoms with van der Waals surface area (Å²) in [5.74, 6) is -4.65. The molecule has 1 rings (SSSR count). The molecule has 0 spiro atoms. The van der Waals surface area contributed by atoms with Crippen LogP contribution in [0, 0.1) is 11.6 Å². The van der Waals surface area contributed by atoms with Crippen molar-refractivity contribution in [2.24, 2.45) is 0 Å². The van der Waals surface area contributed by atoms with E-state index >= 15 is 0 Å². The highest BCUT2D eigenvalue weighted by molar-refractivity contribution is 5.88. The molecule has 0 aliphatic rings. The third-order valence-corrected chi connectivity index (χ3v) is 2.24. The molecule has 5 nitrogen and oxygen atoms in total. The lowest BCUT2D eigenvalue weighted by Crippen LogP contribution is -2.28. The van der Waals surface area contributed by atoms with Crippen molar-refractivity contribution in [3.8, 4) is 0 Å². The zero-order valence-electron chi connectivity index (χ0n) is 9.83. The summed E-state index contributed by atoms with van der Waals surface area (Å²) in [5, 5.41) is 11.0. The Morgan fingerprint density at radius 2 is 1.89 bits per heavy atom. The summed E-state index contributed by atoms with van der Waals surface area (Å²) in [6, 6.07) is 2.01. The van der Waals surface area contributed by atoms with Gasteiger partial charge in [-0.3, -0.25) is 4.79 Å². The number of likely N-dealkylation sites (N-methyl/N-ethyl adjacent to an activating group) is 1. The predicted octanol–water partition coefficient (Wildman–Crippen LogP) is 1.16. The molecular weight excluding hydrogens is 246 g/mol. The third kappa shape index (κ3) is 2.93. The van der Waals surface area contributed by atoms with Crippen molar-refractivity contribution in [3.63, 3.8) is 0 Å². The molecule has 0 bridgehead atoms. The number of rotatable bonds is 4. The van der Waals surface area contributed by atoms with Crippen molar-refractivity contribution in [2.45, 2.75) is 0 Å². The number of hydrogen-bond acceptors (Lipinski definition) is 3. The first-order chi connectivity index (χ1) is 8.34. The minimum absolute atomic E-state index is 0.213. The lowest BCUT2D eigenvalue weighted by atomic mass is 10.2. The second-order valence-corrected chi connectivity index (χ2v) is 3.74. The van der Waals surface area contributed by atoms with E-state index < -0.39 is 23.2 Å². The number of carbonyl (C=O) groups excluding carboxylic acids is 1. The summed E-state index contributed by atoms with van der Waals surface area (Å²) in [5.41, 5.74) is -1.01. The average Bonchev–Trinajstić information content (AvgIpc) is 2.30. The van der Waals surface area contributed by atoms with Gasteiger partial charge in [0.2, 0.25) is 5.91 Å². The number of benzene rings is 1. The summed E-state index contributed by atoms with van der Waals surface area (Å²) in [6.07, 6.45) is 0. The molecule has 0 aliphatic carbocycles. The Morgan fingerprint density at radius 1 is 1.28 bits per heavy atom. The molecule has 2 N–H and O–H groups in total. The number of hydrogen-bond donors (Lipinski definition) is 2. The van der Waals surface area contributed by atoms with Gasteiger partial charge in [-0.2, -0.15) is 0 Å². The fourth-order valence-electron chi connectivity index (χ4n) is 1.18. The lowest BCUT2D eigenvalue weighted by Gasteiger charge is -2.12. The summed E-state index contributed by atoms with van der Waals surface area (Å²) in [6.45, 7) is -0.213. The molecule has 98 valence electrons. The number of carboxylic acids is 1. The van der Waals surface area contributed by atoms with E-state index in [0.29, 0.717) is 0 Å². The fourth-order valence-corrected chi connectivity index (χ4v) is 1.18. The zero-order valence-corrected chi connectivity index (χ0v) is 9.83. The van der Waals surface area contributed by atoms with Gasteiger partial charge in [0.15, 0.2) is 11.6 Å². The molecule has 0 unspecified atom stereocenters. The first kappa shape index (κ1) is 13.9. The minimum atomic E-state index is -1.55. The molecule has 1 aromatic carbocycles. The van der Waals surface area contributed by atoms with Crippen LogP contribution < -0.4 is 5.32 Å². The van der Waals surface area contributed by atoms with E-state index in [-0.39, 0.29) is 18.1 Å². The quantitative estimate of drug-likeness (QED) is 0.850. The van der Waals surface area contributed by atoms with Gasteiger partial charge in [-0.15, -0.1) is 0 Å². The summed E-state index contributed by atoms with van der Waals surface area (Å²) < 4.78 is 26.8. The van der Waals surface area contributed by atoms with Crippen molar-refractivity contribution in [1.29, 1.82) is 0 Å². The van der Waals surface area contributed by atoms with Crippen LogP contribution in [-0.2, 0) is 4.79 Å². The number of nitrogens with zero attached hydrogens (tertiary/aromatic N) is 1. The van der Waals surface area contributed by atoms with E-state index in [2.05, 4.69) is 5.32 Å². The molecule has 0 saturated carbocycles. The van der Waals surface area contributed by atoms with Crippen molar-refractivity contribution >= 4 is 17.6 Å². The predicted molar refractivity (Wildman–Crippen MR) is 60.5 cm³/mol. The van der Waals surface area contributed by atoms with Gasteiger partial charge in [0.1, 0.15) is 0 Å². The largest absolute Gasteiger partial charge is 0.478 e. The van der Waals surface area contributed by atoms with Gasteiger partial charge in [-0.05, 0) is 12.1 Å². The molecule has 0 aromatic heterocycles. The molecule has 18 heavy (non-hydrogen) atoms. The molecule has 0 fully saturated rings. The van der Waals surface area contributed by atoms with Gasteiger partial charge in [0.25, 0.3) is 0 Å². The second kappa shape index (κ2) is 5.44. The van der Waals surface area contributed by atoms with E-state index in [1.165, 1.54) is 19.0 Å². The molecule has 7 heteroatoms. The van der Waals surface area contributed by atoms with Crippen molar-refractivity contribution in [3.05, 3.63) is 29.3 Å². The molecule has 0 radical (unpaired) electrons. The first-order valence-corrected chi connectivity index (χ1v) is 5.00. The Labute approximate surface area is 102 Å². The smallest absolute Gasteiger partial charge is 0.338 e. The van der Waals surface area contributed by atoms with Crippen LogP contribution in [0.2, 0.25) is 0 Å². The van der Waals surface area contributed by atoms with Gasteiger partial charge in [-0.25, -0.2) is 13.6 Å². The molecule has 1 aromatic rings. The van der Waals surface area contributed by atoms with Crippen molar-refractivity contribution < 1.29 is 23.5 Å². The van der Waals surface area contributed by atoms with E-state index in [0.717, 1.165) is 12.1 Å². The Hall–Kier alpha value is -2.18. The number of carboxylic acid groups (broad SMARTS) is 1. The van der Waals surface area contributed by atoms with Crippen LogP contribution in [0.5, 0.6) is 0 Å². The Bertz CT molecular complexity index is 489. The van der Waals surface area contributed by atoms with Gasteiger partial charge in [0.05, 0.1) is 17.8 Å². The van der Waals surface area contributed by atoms with Gasteiger partial charge in [-0.1, -0.05) is 0 Å². The minimum Gasteiger partial charge on any atom is -0.478 e. The topological polar surface area (TPSA) is 69.6 Å². The maximum atomic E-state index is 13.4. The van der Waals surface area contributed by atoms with Crippen molar-refractivity contribution in [2.75, 3.05) is 26.0 Å². The lowest BCUT2D eigenvalue weighted by molar-refractivity contribution is -0.126. The monoisotopic (exact) mass is 258 g/mol. The number of amides is 1. The molecular formula is C11H12F2N2O3. The second-order valence-electron chi connectivity index (χ2n) is 3.74. The Kier molecular flexibility index (Phi) is 4.19. The van der Waals surface area contributed by atoms with Crippen LogP contribution in [0.1, 0.15) is 10.4 Å². The molecule has 0 aliphatic heterocycles. The first-order valence-electron chi connectivity index (χ1n) is 5.00. The van der Waals surface area contributed by atoms with Gasteiger partial charge in [0, 0.05) is 14.1 Å². The summed E-state index contributed by atoms with van der Waals surface area (Å²) in [4.78, 5) is 23.1. The number of halogens is 2. The number of carbonyl (C=O) groups is 2. The number of aromatic carboxylic acids is 1. The van der Waals surface area contributed by atoms with Gasteiger partial charge < -0.3 is 15.3 Å². The van der Waals surface area contributed by atoms with Crippen LogP contribution in [0.3, 0.4) is 0 Å². The molecule has 0 saturated heterocycles. The van der Waals surface area contributed by atoms with E-state index in [1.54, 1.807) is 0 Å². The van der Waals surface area contributed by atoms with E-state index in [4.69, 9.17) is 5.11 Å². The highest BCUT2D eigenvalue weighted by Gasteiger charge is 2.18. The summed E-state index contributed by atoms with van der Waals surface area (Å²) in [7, 11) is 3.04. The van der Waals surface area contributed by atoms with Crippen LogP contribution in [-0.4, -0.2) is 42.5 Å². The molecule has 1 amide bonds. The average molecular weight is 258 g/mol. The molecule has 0 heterocycles. The highest BCUT2D eigenvalue weighted by atomic mass is 19.2. The maximum absolute atomic E-state index is 13.4. The normalized spacial score (nSPS) is 10.0. The van der Waals surface area contributed by atoms with Crippen molar-refractivity contribution in [1.82, 2.24) is 4.90 Å². The highest BCUT2D eigenvalue weighted by Crippen LogP contribution is 2.20. The Balaban J connectivity index is 2.89. The number of anilines is 1. The molecule has 0 atom stereocenters. The van der Waals surface area contributed by atoms with Crippen LogP contribution in [0.15, 0.2) is 12.1 Å². The van der Waals surface area contributed by atoms with Crippen LogP contribution in [0.25, 0.3) is 0 Å². The zero-order chi connectivity index (χ0) is 13.9. The van der Waals surface area contributed by atoms with Gasteiger partial charge >= 0.3 is 5.97 Å². The van der Waals surface area contributed by atoms with E-state index in [1.807, 2.05) is 0 Å². The standard InChI is InChI=1S/C11H12F2N2O3/c1-15(2)8(16)5-14-7-4-3-6(11(17)18)9(12)10(7)13/h3-4,14H,5H2,1-2H3,(H,17,18). The van der Waals surface area contributed by atoms with Crippen LogP contribution in [0.4, 0.5) is 14.5 Å². The fraction of sp³-hybridized carbons (Fsp3) is 0.273. The van der Waals surface area contributed by atoms with E-state index in [9.17, 15) is 18.4 Å². The maximum Gasteiger partial charge on any atom is 0.338 e. The summed E-state index contributed by atoms with van der Waals surface area (Å²) >= 11 is 0. The third-order valence-electron chi connectivity index (χ3n) is 2.24. The number of nitrogens with one attached hydrogen (secondary N) is 1. The van der Waals surface area contributed by atoms with Crippen LogP contribution >= 0.6 is 0 Å².